The standard InChI is InChI=1S/C19H22N2O5/c1-11-17(12(2)26-21-11)10-24-16-6-4-5-14(9-16)19(23)25-13(3)18(22)20-15-7-8-15/h4-6,9,13,15H,7-8,10H2,1-3H3,(H,20,22)/t13-/m0/s1. The highest BCUT2D eigenvalue weighted by Gasteiger charge is 2.27. The molecule has 1 aromatic heterocycles. The van der Waals surface area contributed by atoms with Crippen LogP contribution >= 0.6 is 0 Å². The Kier molecular flexibility index (Phi) is 5.25. The normalized spacial score (nSPS) is 14.6. The minimum Gasteiger partial charge on any atom is -0.489 e. The van der Waals surface area contributed by atoms with Crippen LogP contribution in [0.4, 0.5) is 0 Å². The van der Waals surface area contributed by atoms with Crippen LogP contribution in [0.5, 0.6) is 5.75 Å². The monoisotopic (exact) mass is 358 g/mol. The molecule has 1 saturated carbocycles. The minimum absolute atomic E-state index is 0.227. The van der Waals surface area contributed by atoms with Crippen LogP contribution in [0.15, 0.2) is 28.8 Å². The average Bonchev–Trinajstić information content (AvgIpc) is 3.38. The van der Waals surface area contributed by atoms with Gasteiger partial charge in [0.1, 0.15) is 18.1 Å². The van der Waals surface area contributed by atoms with E-state index in [1.807, 2.05) is 13.8 Å². The molecule has 0 radical (unpaired) electrons. The number of hydrogen-bond donors (Lipinski definition) is 1. The van der Waals surface area contributed by atoms with Gasteiger partial charge in [-0.1, -0.05) is 11.2 Å². The minimum atomic E-state index is -0.838. The highest BCUT2D eigenvalue weighted by molar-refractivity contribution is 5.92. The predicted octanol–water partition coefficient (Wildman–Crippen LogP) is 2.69. The SMILES string of the molecule is Cc1noc(C)c1COc1cccc(C(=O)O[C@@H](C)C(=O)NC2CC2)c1. The van der Waals surface area contributed by atoms with Crippen molar-refractivity contribution in [3.63, 3.8) is 0 Å². The van der Waals surface area contributed by atoms with Crippen molar-refractivity contribution in [3.05, 3.63) is 46.8 Å². The Bertz CT molecular complexity index is 791. The molecule has 1 fully saturated rings. The lowest BCUT2D eigenvalue weighted by atomic mass is 10.2. The Balaban J connectivity index is 1.59. The third-order valence-corrected chi connectivity index (χ3v) is 4.21. The number of aromatic nitrogens is 1. The molecule has 1 aromatic carbocycles. The number of rotatable bonds is 7. The van der Waals surface area contributed by atoms with Crippen molar-refractivity contribution in [2.75, 3.05) is 0 Å². The molecule has 3 rings (SSSR count). The average molecular weight is 358 g/mol. The molecule has 1 atom stereocenters. The van der Waals surface area contributed by atoms with E-state index >= 15 is 0 Å². The quantitative estimate of drug-likeness (QED) is 0.765. The van der Waals surface area contributed by atoms with E-state index in [0.717, 1.165) is 24.1 Å². The molecule has 138 valence electrons. The maximum atomic E-state index is 12.3. The van der Waals surface area contributed by atoms with Crippen LogP contribution in [0, 0.1) is 13.8 Å². The fraction of sp³-hybridized carbons (Fsp3) is 0.421. The van der Waals surface area contributed by atoms with Crippen LogP contribution in [-0.4, -0.2) is 29.2 Å². The van der Waals surface area contributed by atoms with Gasteiger partial charge in [-0.05, 0) is 51.8 Å². The van der Waals surface area contributed by atoms with Gasteiger partial charge in [0, 0.05) is 6.04 Å². The van der Waals surface area contributed by atoms with Crippen molar-refractivity contribution < 1.29 is 23.6 Å². The van der Waals surface area contributed by atoms with Gasteiger partial charge in [0.05, 0.1) is 16.8 Å². The van der Waals surface area contributed by atoms with E-state index in [1.54, 1.807) is 31.2 Å². The van der Waals surface area contributed by atoms with Gasteiger partial charge in [-0.15, -0.1) is 0 Å². The maximum Gasteiger partial charge on any atom is 0.339 e. The lowest BCUT2D eigenvalue weighted by Crippen LogP contribution is -2.37. The molecular weight excluding hydrogens is 336 g/mol. The molecular formula is C19H22N2O5. The van der Waals surface area contributed by atoms with Crippen LogP contribution in [0.1, 0.15) is 47.1 Å². The number of hydrogen-bond acceptors (Lipinski definition) is 6. The first kappa shape index (κ1) is 18.0. The molecule has 0 saturated heterocycles. The molecule has 0 bridgehead atoms. The zero-order chi connectivity index (χ0) is 18.7. The summed E-state index contributed by atoms with van der Waals surface area (Å²) in [5, 5.41) is 6.69. The number of esters is 1. The molecule has 7 heteroatoms. The fourth-order valence-corrected chi connectivity index (χ4v) is 2.40. The molecule has 1 amide bonds. The summed E-state index contributed by atoms with van der Waals surface area (Å²) in [6, 6.07) is 6.89. The summed E-state index contributed by atoms with van der Waals surface area (Å²) in [6.45, 7) is 5.52. The highest BCUT2D eigenvalue weighted by Crippen LogP contribution is 2.20. The van der Waals surface area contributed by atoms with Crippen molar-refractivity contribution in [2.45, 2.75) is 52.4 Å². The number of aryl methyl sites for hydroxylation is 2. The number of carbonyl (C=O) groups excluding carboxylic acids is 2. The molecule has 26 heavy (non-hydrogen) atoms. The second-order valence-electron chi connectivity index (χ2n) is 6.45. The third-order valence-electron chi connectivity index (χ3n) is 4.21. The van der Waals surface area contributed by atoms with E-state index in [9.17, 15) is 9.59 Å². The second kappa shape index (κ2) is 7.59. The van der Waals surface area contributed by atoms with Gasteiger partial charge in [0.2, 0.25) is 0 Å². The first-order chi connectivity index (χ1) is 12.4. The predicted molar refractivity (Wildman–Crippen MR) is 92.8 cm³/mol. The largest absolute Gasteiger partial charge is 0.489 e. The van der Waals surface area contributed by atoms with Gasteiger partial charge in [0.25, 0.3) is 5.91 Å². The lowest BCUT2D eigenvalue weighted by Gasteiger charge is -2.13. The van der Waals surface area contributed by atoms with Gasteiger partial charge in [-0.3, -0.25) is 4.79 Å². The van der Waals surface area contributed by atoms with Crippen molar-refractivity contribution in [1.82, 2.24) is 10.5 Å². The van der Waals surface area contributed by atoms with Gasteiger partial charge in [-0.25, -0.2) is 4.79 Å². The summed E-state index contributed by atoms with van der Waals surface area (Å²) in [5.41, 5.74) is 1.98. The number of nitrogens with one attached hydrogen (secondary N) is 1. The second-order valence-corrected chi connectivity index (χ2v) is 6.45. The van der Waals surface area contributed by atoms with E-state index in [1.165, 1.54) is 0 Å². The molecule has 0 spiro atoms. The summed E-state index contributed by atoms with van der Waals surface area (Å²) in [5.74, 6) is 0.390. The van der Waals surface area contributed by atoms with E-state index in [2.05, 4.69) is 10.5 Å². The molecule has 2 aromatic rings. The molecule has 1 heterocycles. The van der Waals surface area contributed by atoms with Crippen molar-refractivity contribution >= 4 is 11.9 Å². The van der Waals surface area contributed by atoms with E-state index in [-0.39, 0.29) is 11.9 Å². The van der Waals surface area contributed by atoms with Crippen LogP contribution in [0.25, 0.3) is 0 Å². The molecule has 1 aliphatic carbocycles. The molecule has 1 N–H and O–H groups in total. The van der Waals surface area contributed by atoms with E-state index < -0.39 is 12.1 Å². The summed E-state index contributed by atoms with van der Waals surface area (Å²) in [4.78, 5) is 24.2. The van der Waals surface area contributed by atoms with Crippen molar-refractivity contribution in [3.8, 4) is 5.75 Å². The summed E-state index contributed by atoms with van der Waals surface area (Å²) < 4.78 is 16.1. The summed E-state index contributed by atoms with van der Waals surface area (Å²) in [7, 11) is 0. The van der Waals surface area contributed by atoms with E-state index in [0.29, 0.717) is 23.7 Å². The topological polar surface area (TPSA) is 90.7 Å². The smallest absolute Gasteiger partial charge is 0.339 e. The van der Waals surface area contributed by atoms with Gasteiger partial charge < -0.3 is 19.3 Å². The Hall–Kier alpha value is -2.83. The van der Waals surface area contributed by atoms with Gasteiger partial charge in [0.15, 0.2) is 6.10 Å². The lowest BCUT2D eigenvalue weighted by molar-refractivity contribution is -0.129. The van der Waals surface area contributed by atoms with E-state index in [4.69, 9.17) is 14.0 Å². The Morgan fingerprint density at radius 1 is 1.35 bits per heavy atom. The zero-order valence-corrected chi connectivity index (χ0v) is 15.1. The number of benzene rings is 1. The first-order valence-electron chi connectivity index (χ1n) is 8.60. The number of nitrogens with zero attached hydrogens (tertiary/aromatic N) is 1. The molecule has 0 unspecified atom stereocenters. The van der Waals surface area contributed by atoms with Gasteiger partial charge >= 0.3 is 5.97 Å². The van der Waals surface area contributed by atoms with Crippen LogP contribution in [-0.2, 0) is 16.1 Å². The summed E-state index contributed by atoms with van der Waals surface area (Å²) >= 11 is 0. The van der Waals surface area contributed by atoms with Crippen LogP contribution in [0.3, 0.4) is 0 Å². The van der Waals surface area contributed by atoms with Crippen molar-refractivity contribution in [1.29, 1.82) is 0 Å². The molecule has 7 nitrogen and oxygen atoms in total. The Morgan fingerprint density at radius 2 is 2.12 bits per heavy atom. The number of amides is 1. The molecule has 1 aliphatic rings. The van der Waals surface area contributed by atoms with Crippen LogP contribution < -0.4 is 10.1 Å². The highest BCUT2D eigenvalue weighted by atomic mass is 16.5. The van der Waals surface area contributed by atoms with Crippen LogP contribution in [0.2, 0.25) is 0 Å². The summed E-state index contributed by atoms with van der Waals surface area (Å²) in [6.07, 6.45) is 1.13. The number of ether oxygens (including phenoxy) is 2. The fourth-order valence-electron chi connectivity index (χ4n) is 2.40. The first-order valence-corrected chi connectivity index (χ1v) is 8.60. The Morgan fingerprint density at radius 3 is 2.77 bits per heavy atom. The zero-order valence-electron chi connectivity index (χ0n) is 15.1. The molecule has 0 aliphatic heterocycles. The third kappa shape index (κ3) is 4.41. The van der Waals surface area contributed by atoms with Gasteiger partial charge in [-0.2, -0.15) is 0 Å². The maximum absolute atomic E-state index is 12.3. The van der Waals surface area contributed by atoms with Crippen molar-refractivity contribution in [2.24, 2.45) is 0 Å². The number of carbonyl (C=O) groups is 2. The Labute approximate surface area is 151 Å².